The van der Waals surface area contributed by atoms with Gasteiger partial charge in [0, 0.05) is 0 Å². The van der Waals surface area contributed by atoms with Gasteiger partial charge in [-0.1, -0.05) is 55.2 Å². The van der Waals surface area contributed by atoms with E-state index in [1.807, 2.05) is 32.0 Å². The fraction of sp³-hybridized carbons (Fsp3) is 0.250. The van der Waals surface area contributed by atoms with Crippen molar-refractivity contribution in [2.45, 2.75) is 31.6 Å². The molecule has 0 atom stereocenters. The summed E-state index contributed by atoms with van der Waals surface area (Å²) in [6.45, 7) is 3.98. The van der Waals surface area contributed by atoms with Gasteiger partial charge in [-0.05, 0) is 42.2 Å². The Morgan fingerprint density at radius 1 is 0.955 bits per heavy atom. The predicted octanol–water partition coefficient (Wildman–Crippen LogP) is 4.92. The molecule has 6 heteroatoms. The number of para-hydroxylation sites is 1. The number of hydrogen-bond acceptors (Lipinski definition) is 2. The zero-order chi connectivity index (χ0) is 16.3. The molecule has 1 N–H and O–H groups in total. The van der Waals surface area contributed by atoms with Crippen molar-refractivity contribution in [3.8, 4) is 0 Å². The van der Waals surface area contributed by atoms with Gasteiger partial charge in [0.15, 0.2) is 0 Å². The maximum absolute atomic E-state index is 12.6. The third kappa shape index (κ3) is 3.57. The smallest absolute Gasteiger partial charge is 0.261 e. The molecule has 2 aromatic carbocycles. The Bertz CT molecular complexity index is 766. The van der Waals surface area contributed by atoms with Gasteiger partial charge in [-0.25, -0.2) is 8.42 Å². The van der Waals surface area contributed by atoms with Gasteiger partial charge in [-0.3, -0.25) is 4.72 Å². The van der Waals surface area contributed by atoms with E-state index in [9.17, 15) is 8.42 Å². The Kier molecular flexibility index (Phi) is 5.37. The molecule has 0 radical (unpaired) electrons. The number of anilines is 1. The third-order valence-electron chi connectivity index (χ3n) is 3.44. The standard InChI is InChI=1S/C16H17Cl2NO2S/c1-3-11-6-5-7-12(4-2)16(11)19-22(20,21)13-8-9-14(17)15(18)10-13/h5-10,19H,3-4H2,1-2H3. The second kappa shape index (κ2) is 6.90. The zero-order valence-electron chi connectivity index (χ0n) is 12.4. The van der Waals surface area contributed by atoms with Crippen LogP contribution in [0.4, 0.5) is 5.69 Å². The molecule has 0 amide bonds. The molecule has 0 aliphatic rings. The van der Waals surface area contributed by atoms with Crippen LogP contribution in [0.1, 0.15) is 25.0 Å². The Labute approximate surface area is 141 Å². The van der Waals surface area contributed by atoms with Crippen molar-refractivity contribution in [3.63, 3.8) is 0 Å². The third-order valence-corrected chi connectivity index (χ3v) is 5.52. The molecule has 0 saturated carbocycles. The second-order valence-electron chi connectivity index (χ2n) is 4.84. The van der Waals surface area contributed by atoms with Gasteiger partial charge in [0.25, 0.3) is 10.0 Å². The molecule has 0 bridgehead atoms. The average Bonchev–Trinajstić information content (AvgIpc) is 2.49. The highest BCUT2D eigenvalue weighted by Crippen LogP contribution is 2.28. The van der Waals surface area contributed by atoms with Crippen LogP contribution < -0.4 is 4.72 Å². The first kappa shape index (κ1) is 17.1. The van der Waals surface area contributed by atoms with Crippen LogP contribution in [-0.4, -0.2) is 8.42 Å². The second-order valence-corrected chi connectivity index (χ2v) is 7.34. The van der Waals surface area contributed by atoms with Crippen LogP contribution in [-0.2, 0) is 22.9 Å². The lowest BCUT2D eigenvalue weighted by atomic mass is 10.0. The molecule has 2 rings (SSSR count). The molecule has 22 heavy (non-hydrogen) atoms. The molecule has 0 fully saturated rings. The maximum atomic E-state index is 12.6. The van der Waals surface area contributed by atoms with E-state index in [4.69, 9.17) is 23.2 Å². The Hall–Kier alpha value is -1.23. The molecule has 0 heterocycles. The lowest BCUT2D eigenvalue weighted by Gasteiger charge is -2.16. The largest absolute Gasteiger partial charge is 0.279 e. The van der Waals surface area contributed by atoms with Crippen molar-refractivity contribution in [3.05, 3.63) is 57.6 Å². The van der Waals surface area contributed by atoms with Crippen molar-refractivity contribution in [2.75, 3.05) is 4.72 Å². The lowest BCUT2D eigenvalue weighted by molar-refractivity contribution is 0.601. The van der Waals surface area contributed by atoms with Crippen LogP contribution in [0, 0.1) is 0 Å². The van der Waals surface area contributed by atoms with Gasteiger partial charge in [0.05, 0.1) is 20.6 Å². The molecule has 118 valence electrons. The Balaban J connectivity index is 2.47. The minimum atomic E-state index is -3.71. The topological polar surface area (TPSA) is 46.2 Å². The number of aryl methyl sites for hydroxylation is 2. The number of halogens is 2. The van der Waals surface area contributed by atoms with Crippen molar-refractivity contribution < 1.29 is 8.42 Å². The quantitative estimate of drug-likeness (QED) is 0.825. The van der Waals surface area contributed by atoms with Gasteiger partial charge in [-0.2, -0.15) is 0 Å². The van der Waals surface area contributed by atoms with Crippen molar-refractivity contribution in [1.29, 1.82) is 0 Å². The van der Waals surface area contributed by atoms with E-state index in [1.165, 1.54) is 18.2 Å². The monoisotopic (exact) mass is 357 g/mol. The normalized spacial score (nSPS) is 11.5. The fourth-order valence-corrected chi connectivity index (χ4v) is 3.74. The van der Waals surface area contributed by atoms with Gasteiger partial charge in [0.2, 0.25) is 0 Å². The molecule has 0 aliphatic heterocycles. The van der Waals surface area contributed by atoms with Gasteiger partial charge in [0.1, 0.15) is 0 Å². The summed E-state index contributed by atoms with van der Waals surface area (Å²) >= 11 is 11.8. The highest BCUT2D eigenvalue weighted by Gasteiger charge is 2.18. The van der Waals surface area contributed by atoms with E-state index in [-0.39, 0.29) is 9.92 Å². The van der Waals surface area contributed by atoms with Crippen LogP contribution in [0.25, 0.3) is 0 Å². The number of sulfonamides is 1. The minimum absolute atomic E-state index is 0.0925. The highest BCUT2D eigenvalue weighted by atomic mass is 35.5. The fourth-order valence-electron chi connectivity index (χ4n) is 2.21. The summed E-state index contributed by atoms with van der Waals surface area (Å²) in [6, 6.07) is 10.1. The van der Waals surface area contributed by atoms with E-state index >= 15 is 0 Å². The summed E-state index contributed by atoms with van der Waals surface area (Å²) in [5.41, 5.74) is 2.57. The SMILES string of the molecule is CCc1cccc(CC)c1NS(=O)(=O)c1ccc(Cl)c(Cl)c1. The summed E-state index contributed by atoms with van der Waals surface area (Å²) in [5, 5.41) is 0.535. The molecule has 0 aromatic heterocycles. The summed E-state index contributed by atoms with van der Waals surface area (Å²) in [5.74, 6) is 0. The van der Waals surface area contributed by atoms with Crippen molar-refractivity contribution in [2.24, 2.45) is 0 Å². The predicted molar refractivity (Wildman–Crippen MR) is 92.5 cm³/mol. The number of rotatable bonds is 5. The van der Waals surface area contributed by atoms with E-state index in [2.05, 4.69) is 4.72 Å². The van der Waals surface area contributed by atoms with E-state index in [0.29, 0.717) is 10.7 Å². The molecule has 0 saturated heterocycles. The first-order valence-corrected chi connectivity index (χ1v) is 9.21. The van der Waals surface area contributed by atoms with Crippen LogP contribution in [0.15, 0.2) is 41.3 Å². The molecule has 2 aromatic rings. The number of nitrogens with one attached hydrogen (secondary N) is 1. The summed E-state index contributed by atoms with van der Waals surface area (Å²) in [7, 11) is -3.71. The molecule has 0 unspecified atom stereocenters. The Morgan fingerprint density at radius 3 is 2.05 bits per heavy atom. The molecule has 3 nitrogen and oxygen atoms in total. The summed E-state index contributed by atoms with van der Waals surface area (Å²) in [4.78, 5) is 0.0925. The van der Waals surface area contributed by atoms with Crippen LogP contribution in [0.3, 0.4) is 0 Å². The Morgan fingerprint density at radius 2 is 1.55 bits per heavy atom. The molecular formula is C16H17Cl2NO2S. The molecule has 0 spiro atoms. The van der Waals surface area contributed by atoms with E-state index < -0.39 is 10.0 Å². The van der Waals surface area contributed by atoms with Crippen molar-refractivity contribution >= 4 is 38.9 Å². The summed E-state index contributed by atoms with van der Waals surface area (Å²) < 4.78 is 27.9. The van der Waals surface area contributed by atoms with Crippen molar-refractivity contribution in [1.82, 2.24) is 0 Å². The van der Waals surface area contributed by atoms with Gasteiger partial charge in [-0.15, -0.1) is 0 Å². The minimum Gasteiger partial charge on any atom is -0.279 e. The first-order chi connectivity index (χ1) is 10.4. The van der Waals surface area contributed by atoms with Gasteiger partial charge < -0.3 is 0 Å². The van der Waals surface area contributed by atoms with Crippen LogP contribution in [0.2, 0.25) is 10.0 Å². The molecule has 0 aliphatic carbocycles. The highest BCUT2D eigenvalue weighted by molar-refractivity contribution is 7.92. The van der Waals surface area contributed by atoms with Crippen LogP contribution in [0.5, 0.6) is 0 Å². The van der Waals surface area contributed by atoms with Crippen LogP contribution >= 0.6 is 23.2 Å². The summed E-state index contributed by atoms with van der Waals surface area (Å²) in [6.07, 6.45) is 1.49. The lowest BCUT2D eigenvalue weighted by Crippen LogP contribution is -2.15. The number of hydrogen-bond donors (Lipinski definition) is 1. The molecular weight excluding hydrogens is 341 g/mol. The van der Waals surface area contributed by atoms with E-state index in [0.717, 1.165) is 24.0 Å². The first-order valence-electron chi connectivity index (χ1n) is 6.97. The zero-order valence-corrected chi connectivity index (χ0v) is 14.7. The average molecular weight is 358 g/mol. The number of benzene rings is 2. The van der Waals surface area contributed by atoms with Gasteiger partial charge >= 0.3 is 0 Å². The van der Waals surface area contributed by atoms with E-state index in [1.54, 1.807) is 0 Å². The maximum Gasteiger partial charge on any atom is 0.261 e.